The fourth-order valence-corrected chi connectivity index (χ4v) is 2.67. The lowest BCUT2D eigenvalue weighted by molar-refractivity contribution is -0.141. The van der Waals surface area contributed by atoms with Crippen molar-refractivity contribution in [2.24, 2.45) is 5.92 Å². The van der Waals surface area contributed by atoms with Crippen molar-refractivity contribution in [3.05, 3.63) is 34.9 Å². The number of hydrogen-bond donors (Lipinski definition) is 1. The Morgan fingerprint density at radius 2 is 1.95 bits per heavy atom. The number of likely N-dealkylation sites (tertiary alicyclic amines) is 1. The summed E-state index contributed by atoms with van der Waals surface area (Å²) >= 11 is 0. The average molecular weight is 261 g/mol. The van der Waals surface area contributed by atoms with Crippen LogP contribution in [0.1, 0.15) is 42.6 Å². The Hall–Kier alpha value is -1.35. The van der Waals surface area contributed by atoms with Gasteiger partial charge >= 0.3 is 0 Å². The minimum absolute atomic E-state index is 0.154. The van der Waals surface area contributed by atoms with Crippen LogP contribution < -0.4 is 0 Å². The fraction of sp³-hybridized carbons (Fsp3) is 0.562. The molecule has 0 saturated carbocycles. The number of rotatable bonds is 2. The summed E-state index contributed by atoms with van der Waals surface area (Å²) in [5, 5.41) is 10.3. The number of amides is 1. The summed E-state index contributed by atoms with van der Waals surface area (Å²) < 4.78 is 0. The third-order valence-corrected chi connectivity index (χ3v) is 4.05. The van der Waals surface area contributed by atoms with Gasteiger partial charge in [0.25, 0.3) is 5.91 Å². The van der Waals surface area contributed by atoms with Crippen molar-refractivity contribution in [2.75, 3.05) is 13.1 Å². The van der Waals surface area contributed by atoms with Crippen LogP contribution in [-0.2, 0) is 4.79 Å². The van der Waals surface area contributed by atoms with E-state index in [4.69, 9.17) is 0 Å². The normalized spacial score (nSPS) is 18.4. The van der Waals surface area contributed by atoms with Gasteiger partial charge in [-0.1, -0.05) is 30.7 Å². The molecule has 1 aromatic carbocycles. The number of carbonyl (C=O) groups excluding carboxylic acids is 1. The van der Waals surface area contributed by atoms with Crippen LogP contribution in [0.4, 0.5) is 0 Å². The molecule has 0 aromatic heterocycles. The van der Waals surface area contributed by atoms with E-state index >= 15 is 0 Å². The second-order valence-electron chi connectivity index (χ2n) is 5.77. The van der Waals surface area contributed by atoms with E-state index in [1.807, 2.05) is 32.0 Å². The summed E-state index contributed by atoms with van der Waals surface area (Å²) in [6, 6.07) is 5.81. The smallest absolute Gasteiger partial charge is 0.256 e. The van der Waals surface area contributed by atoms with E-state index in [0.717, 1.165) is 42.6 Å². The Bertz CT molecular complexity index is 462. The highest BCUT2D eigenvalue weighted by atomic mass is 16.3. The van der Waals surface area contributed by atoms with Crippen LogP contribution in [0.25, 0.3) is 0 Å². The Kier molecular flexibility index (Phi) is 4.25. The van der Waals surface area contributed by atoms with Crippen molar-refractivity contribution in [2.45, 2.75) is 39.7 Å². The summed E-state index contributed by atoms with van der Waals surface area (Å²) in [4.78, 5) is 14.1. The third-order valence-electron chi connectivity index (χ3n) is 4.05. The van der Waals surface area contributed by atoms with E-state index in [-0.39, 0.29) is 5.91 Å². The van der Waals surface area contributed by atoms with Crippen molar-refractivity contribution in [3.63, 3.8) is 0 Å². The van der Waals surface area contributed by atoms with Crippen LogP contribution in [0.3, 0.4) is 0 Å². The van der Waals surface area contributed by atoms with E-state index in [9.17, 15) is 9.90 Å². The molecule has 1 unspecified atom stereocenters. The quantitative estimate of drug-likeness (QED) is 0.889. The first kappa shape index (κ1) is 14.1. The molecule has 104 valence electrons. The summed E-state index contributed by atoms with van der Waals surface area (Å²) in [5.41, 5.74) is 2.85. The van der Waals surface area contributed by atoms with Gasteiger partial charge in [-0.05, 0) is 43.7 Å². The molecule has 0 aliphatic carbocycles. The Morgan fingerprint density at radius 1 is 1.32 bits per heavy atom. The lowest BCUT2D eigenvalue weighted by Gasteiger charge is -2.32. The largest absolute Gasteiger partial charge is 0.378 e. The summed E-state index contributed by atoms with van der Waals surface area (Å²) in [5.74, 6) is 0.529. The lowest BCUT2D eigenvalue weighted by Crippen LogP contribution is -2.40. The Labute approximate surface area is 115 Å². The second-order valence-corrected chi connectivity index (χ2v) is 5.77. The lowest BCUT2D eigenvalue weighted by atomic mass is 9.96. The highest BCUT2D eigenvalue weighted by Crippen LogP contribution is 2.24. The van der Waals surface area contributed by atoms with Gasteiger partial charge in [-0.15, -0.1) is 0 Å². The minimum atomic E-state index is -1.02. The van der Waals surface area contributed by atoms with Crippen LogP contribution in [-0.4, -0.2) is 29.0 Å². The maximum atomic E-state index is 12.3. The van der Waals surface area contributed by atoms with Gasteiger partial charge in [0.05, 0.1) is 0 Å². The van der Waals surface area contributed by atoms with Crippen molar-refractivity contribution >= 4 is 5.91 Å². The SMILES string of the molecule is Cc1ccc(C(O)C(=O)N2CCC(C)CC2)c(C)c1. The number of aryl methyl sites for hydroxylation is 2. The molecule has 1 amide bonds. The predicted molar refractivity (Wildman–Crippen MR) is 75.9 cm³/mol. The maximum Gasteiger partial charge on any atom is 0.256 e. The van der Waals surface area contributed by atoms with Gasteiger partial charge in [-0.2, -0.15) is 0 Å². The number of aliphatic hydroxyl groups is 1. The van der Waals surface area contributed by atoms with Gasteiger partial charge in [0.15, 0.2) is 6.10 Å². The topological polar surface area (TPSA) is 40.5 Å². The standard InChI is InChI=1S/C16H23NO2/c1-11-6-8-17(9-7-11)16(19)15(18)14-5-4-12(2)10-13(14)3/h4-5,10-11,15,18H,6-9H2,1-3H3. The molecule has 1 aliphatic rings. The van der Waals surface area contributed by atoms with E-state index in [0.29, 0.717) is 5.92 Å². The molecule has 1 heterocycles. The molecule has 1 N–H and O–H groups in total. The number of carbonyl (C=O) groups is 1. The Balaban J connectivity index is 2.10. The number of nitrogens with zero attached hydrogens (tertiary/aromatic N) is 1. The number of piperidine rings is 1. The number of aliphatic hydroxyl groups excluding tert-OH is 1. The third kappa shape index (κ3) is 3.16. The van der Waals surface area contributed by atoms with Crippen molar-refractivity contribution in [3.8, 4) is 0 Å². The van der Waals surface area contributed by atoms with Gasteiger partial charge in [-0.3, -0.25) is 4.79 Å². The zero-order chi connectivity index (χ0) is 14.0. The zero-order valence-corrected chi connectivity index (χ0v) is 12.0. The molecule has 0 bridgehead atoms. The van der Waals surface area contributed by atoms with Crippen molar-refractivity contribution in [1.29, 1.82) is 0 Å². The molecule has 3 heteroatoms. The first-order chi connectivity index (χ1) is 8.99. The molecule has 19 heavy (non-hydrogen) atoms. The number of hydrogen-bond acceptors (Lipinski definition) is 2. The van der Waals surface area contributed by atoms with Crippen LogP contribution in [0.2, 0.25) is 0 Å². The highest BCUT2D eigenvalue weighted by Gasteiger charge is 2.27. The Morgan fingerprint density at radius 3 is 2.53 bits per heavy atom. The average Bonchev–Trinajstić information content (AvgIpc) is 2.38. The summed E-state index contributed by atoms with van der Waals surface area (Å²) in [6.45, 7) is 7.69. The monoisotopic (exact) mass is 261 g/mol. The highest BCUT2D eigenvalue weighted by molar-refractivity contribution is 5.82. The van der Waals surface area contributed by atoms with Crippen LogP contribution >= 0.6 is 0 Å². The molecular weight excluding hydrogens is 238 g/mol. The molecule has 1 atom stereocenters. The van der Waals surface area contributed by atoms with Crippen molar-refractivity contribution < 1.29 is 9.90 Å². The molecule has 0 spiro atoms. The van der Waals surface area contributed by atoms with Gasteiger partial charge in [0.2, 0.25) is 0 Å². The summed E-state index contributed by atoms with van der Waals surface area (Å²) in [7, 11) is 0. The zero-order valence-electron chi connectivity index (χ0n) is 12.0. The summed E-state index contributed by atoms with van der Waals surface area (Å²) in [6.07, 6.45) is 1.05. The van der Waals surface area contributed by atoms with Gasteiger partial charge < -0.3 is 10.0 Å². The molecule has 2 rings (SSSR count). The molecular formula is C16H23NO2. The van der Waals surface area contributed by atoms with E-state index in [1.54, 1.807) is 4.90 Å². The van der Waals surface area contributed by atoms with E-state index in [1.165, 1.54) is 0 Å². The van der Waals surface area contributed by atoms with Gasteiger partial charge in [0.1, 0.15) is 0 Å². The van der Waals surface area contributed by atoms with Crippen LogP contribution in [0.5, 0.6) is 0 Å². The molecule has 1 fully saturated rings. The maximum absolute atomic E-state index is 12.3. The molecule has 1 aromatic rings. The first-order valence-corrected chi connectivity index (χ1v) is 7.03. The molecule has 0 radical (unpaired) electrons. The minimum Gasteiger partial charge on any atom is -0.378 e. The van der Waals surface area contributed by atoms with Crippen LogP contribution in [0.15, 0.2) is 18.2 Å². The van der Waals surface area contributed by atoms with E-state index in [2.05, 4.69) is 6.92 Å². The van der Waals surface area contributed by atoms with Crippen LogP contribution in [0, 0.1) is 19.8 Å². The second kappa shape index (κ2) is 5.74. The number of benzene rings is 1. The van der Waals surface area contributed by atoms with Gasteiger partial charge in [0, 0.05) is 13.1 Å². The first-order valence-electron chi connectivity index (χ1n) is 7.03. The molecule has 3 nitrogen and oxygen atoms in total. The van der Waals surface area contributed by atoms with Gasteiger partial charge in [-0.25, -0.2) is 0 Å². The molecule has 1 aliphatic heterocycles. The van der Waals surface area contributed by atoms with Crippen molar-refractivity contribution in [1.82, 2.24) is 4.90 Å². The fourth-order valence-electron chi connectivity index (χ4n) is 2.67. The molecule has 1 saturated heterocycles. The van der Waals surface area contributed by atoms with E-state index < -0.39 is 6.10 Å². The predicted octanol–water partition coefficient (Wildman–Crippen LogP) is 2.60.